The molecule has 2 aliphatic rings. The van der Waals surface area contributed by atoms with E-state index in [-0.39, 0.29) is 0 Å². The number of aliphatic imine (C=N–C) groups is 2. The average Bonchev–Trinajstić information content (AvgIpc) is 3.55. The van der Waals surface area contributed by atoms with Crippen molar-refractivity contribution < 1.29 is 0 Å². The molecular formula is C48H40N4. The van der Waals surface area contributed by atoms with Gasteiger partial charge in [0.05, 0.1) is 29.5 Å². The second-order valence-electron chi connectivity index (χ2n) is 13.9. The number of allylic oxidation sites excluding steroid dienone is 1. The molecule has 0 bridgehead atoms. The monoisotopic (exact) mass is 672 g/mol. The Kier molecular flexibility index (Phi) is 8.21. The van der Waals surface area contributed by atoms with Crippen LogP contribution < -0.4 is 9.80 Å². The van der Waals surface area contributed by atoms with Gasteiger partial charge in [-0.1, -0.05) is 127 Å². The zero-order chi connectivity index (χ0) is 35.0. The zero-order valence-electron chi connectivity index (χ0n) is 29.6. The van der Waals surface area contributed by atoms with E-state index in [0.29, 0.717) is 0 Å². The Morgan fingerprint density at radius 3 is 1.83 bits per heavy atom. The summed E-state index contributed by atoms with van der Waals surface area (Å²) >= 11 is 0. The van der Waals surface area contributed by atoms with E-state index in [1.807, 2.05) is 6.07 Å². The van der Waals surface area contributed by atoms with Crippen LogP contribution in [0, 0.1) is 0 Å². The molecule has 0 amide bonds. The van der Waals surface area contributed by atoms with Gasteiger partial charge in [-0.3, -0.25) is 0 Å². The molecule has 4 nitrogen and oxygen atoms in total. The van der Waals surface area contributed by atoms with Gasteiger partial charge in [-0.15, -0.1) is 0 Å². The number of hydrogen-bond donors (Lipinski definition) is 0. The molecule has 0 radical (unpaired) electrons. The molecule has 0 unspecified atom stereocenters. The van der Waals surface area contributed by atoms with Crippen molar-refractivity contribution in [2.45, 2.75) is 19.3 Å². The summed E-state index contributed by atoms with van der Waals surface area (Å²) in [5.74, 6) is 0.738. The molecule has 7 aromatic carbocycles. The molecule has 252 valence electrons. The van der Waals surface area contributed by atoms with Gasteiger partial charge in [-0.05, 0) is 99.0 Å². The van der Waals surface area contributed by atoms with Crippen molar-refractivity contribution in [2.75, 3.05) is 30.6 Å². The van der Waals surface area contributed by atoms with Gasteiger partial charge in [0.25, 0.3) is 0 Å². The number of benzene rings is 7. The largest absolute Gasteiger partial charge is 0.355 e. The van der Waals surface area contributed by atoms with E-state index >= 15 is 0 Å². The first-order valence-corrected chi connectivity index (χ1v) is 18.2. The predicted molar refractivity (Wildman–Crippen MR) is 222 cm³/mol. The summed E-state index contributed by atoms with van der Waals surface area (Å²) in [6.45, 7) is 0.873. The standard InChI is InChI=1S/C48H40N4/c1-51-32-52(2)47-41(24-15-27-46(47)51)37-28-35-20-9-11-22-39(35)42(30-37)43-31-38(29-36-21-10-12-23-40(36)43)45-26-14-13-25-44(33-16-5-3-6-17-33)49-48(50-45)34-18-7-4-8-19-34/h3-12,15-25,27-31H,13-14,26,32H2,1-2H3/b44-25-,49-48?,50-45?. The molecule has 0 N–H and O–H groups in total. The Hall–Kier alpha value is -6.26. The summed E-state index contributed by atoms with van der Waals surface area (Å²) < 4.78 is 0. The highest BCUT2D eigenvalue weighted by atomic mass is 15.3. The van der Waals surface area contributed by atoms with E-state index in [1.165, 1.54) is 55.2 Å². The Labute approximate surface area is 305 Å². The fourth-order valence-corrected chi connectivity index (χ4v) is 7.92. The van der Waals surface area contributed by atoms with Crippen molar-refractivity contribution in [3.63, 3.8) is 0 Å². The fraction of sp³-hybridized carbons (Fsp3) is 0.125. The molecule has 0 saturated carbocycles. The van der Waals surface area contributed by atoms with E-state index in [1.54, 1.807) is 0 Å². The summed E-state index contributed by atoms with van der Waals surface area (Å²) in [6.07, 6.45) is 5.02. The lowest BCUT2D eigenvalue weighted by atomic mass is 9.88. The topological polar surface area (TPSA) is 31.2 Å². The van der Waals surface area contributed by atoms with Crippen LogP contribution >= 0.6 is 0 Å². The number of rotatable bonds is 5. The summed E-state index contributed by atoms with van der Waals surface area (Å²) in [4.78, 5) is 15.4. The minimum atomic E-state index is 0.738. The highest BCUT2D eigenvalue weighted by Crippen LogP contribution is 2.45. The molecule has 2 aliphatic heterocycles. The van der Waals surface area contributed by atoms with Crippen LogP contribution in [0.15, 0.2) is 168 Å². The highest BCUT2D eigenvalue weighted by molar-refractivity contribution is 6.17. The van der Waals surface area contributed by atoms with Gasteiger partial charge in [0.15, 0.2) is 5.84 Å². The lowest BCUT2D eigenvalue weighted by molar-refractivity contribution is 0.896. The van der Waals surface area contributed by atoms with Crippen LogP contribution in [0.1, 0.15) is 36.0 Å². The van der Waals surface area contributed by atoms with E-state index in [9.17, 15) is 0 Å². The molecule has 52 heavy (non-hydrogen) atoms. The van der Waals surface area contributed by atoms with Crippen molar-refractivity contribution in [2.24, 2.45) is 9.98 Å². The summed E-state index contributed by atoms with van der Waals surface area (Å²) in [6, 6.07) is 54.6. The van der Waals surface area contributed by atoms with Crippen LogP contribution in [-0.2, 0) is 0 Å². The van der Waals surface area contributed by atoms with Gasteiger partial charge in [0.1, 0.15) is 0 Å². The number of fused-ring (bicyclic) bond motifs is 3. The van der Waals surface area contributed by atoms with Crippen LogP contribution in [0.25, 0.3) is 49.5 Å². The molecule has 0 fully saturated rings. The number of hydrogen-bond acceptors (Lipinski definition) is 4. The Morgan fingerprint density at radius 2 is 1.12 bits per heavy atom. The molecule has 2 heterocycles. The lowest BCUT2D eigenvalue weighted by Gasteiger charge is -2.19. The first kappa shape index (κ1) is 31.7. The van der Waals surface area contributed by atoms with Gasteiger partial charge in [0.2, 0.25) is 0 Å². The predicted octanol–water partition coefficient (Wildman–Crippen LogP) is 11.6. The summed E-state index contributed by atoms with van der Waals surface area (Å²) in [5, 5.41) is 4.91. The van der Waals surface area contributed by atoms with Crippen molar-refractivity contribution in [3.8, 4) is 22.3 Å². The Morgan fingerprint density at radius 1 is 0.500 bits per heavy atom. The van der Waals surface area contributed by atoms with Gasteiger partial charge in [-0.25, -0.2) is 9.98 Å². The van der Waals surface area contributed by atoms with Crippen LogP contribution in [0.4, 0.5) is 11.4 Å². The van der Waals surface area contributed by atoms with Gasteiger partial charge >= 0.3 is 0 Å². The van der Waals surface area contributed by atoms with Crippen LogP contribution in [-0.4, -0.2) is 32.3 Å². The fourth-order valence-electron chi connectivity index (χ4n) is 7.92. The molecule has 0 aliphatic carbocycles. The molecule has 0 aromatic heterocycles. The number of amidine groups is 1. The first-order chi connectivity index (χ1) is 25.6. The van der Waals surface area contributed by atoms with Crippen LogP contribution in [0.3, 0.4) is 0 Å². The van der Waals surface area contributed by atoms with Crippen molar-refractivity contribution in [3.05, 3.63) is 174 Å². The second kappa shape index (κ2) is 13.5. The average molecular weight is 673 g/mol. The highest BCUT2D eigenvalue weighted by Gasteiger charge is 2.25. The molecule has 7 aromatic rings. The smallest absolute Gasteiger partial charge is 0.160 e. The van der Waals surface area contributed by atoms with Crippen molar-refractivity contribution in [1.82, 2.24) is 0 Å². The number of anilines is 2. The maximum atomic E-state index is 5.45. The number of para-hydroxylation sites is 1. The van der Waals surface area contributed by atoms with Gasteiger partial charge < -0.3 is 9.80 Å². The van der Waals surface area contributed by atoms with E-state index < -0.39 is 0 Å². The second-order valence-corrected chi connectivity index (χ2v) is 13.9. The van der Waals surface area contributed by atoms with Gasteiger partial charge in [-0.2, -0.15) is 0 Å². The molecule has 9 rings (SSSR count). The zero-order valence-corrected chi connectivity index (χ0v) is 29.6. The maximum absolute atomic E-state index is 5.45. The summed E-state index contributed by atoms with van der Waals surface area (Å²) in [7, 11) is 4.36. The van der Waals surface area contributed by atoms with E-state index in [0.717, 1.165) is 59.9 Å². The molecule has 0 saturated heterocycles. The van der Waals surface area contributed by atoms with Gasteiger partial charge in [0, 0.05) is 25.2 Å². The van der Waals surface area contributed by atoms with E-state index in [2.05, 4.69) is 176 Å². The molecule has 0 atom stereocenters. The molecular weight excluding hydrogens is 633 g/mol. The minimum Gasteiger partial charge on any atom is -0.355 e. The van der Waals surface area contributed by atoms with Crippen LogP contribution in [0.2, 0.25) is 0 Å². The third-order valence-electron chi connectivity index (χ3n) is 10.4. The quantitative estimate of drug-likeness (QED) is 0.182. The van der Waals surface area contributed by atoms with Crippen molar-refractivity contribution >= 4 is 50.2 Å². The lowest BCUT2D eigenvalue weighted by Crippen LogP contribution is -2.24. The number of nitrogens with zero attached hydrogens (tertiary/aromatic N) is 4. The van der Waals surface area contributed by atoms with Crippen LogP contribution in [0.5, 0.6) is 0 Å². The minimum absolute atomic E-state index is 0.738. The third kappa shape index (κ3) is 5.86. The Bertz CT molecular complexity index is 2550. The van der Waals surface area contributed by atoms with Crippen molar-refractivity contribution in [1.29, 1.82) is 0 Å². The van der Waals surface area contributed by atoms with E-state index in [4.69, 9.17) is 9.98 Å². The normalized spacial score (nSPS) is 15.7. The molecule has 4 heteroatoms. The Balaban J connectivity index is 1.26. The SMILES string of the molecule is CN1CN(C)c2c(-c3cc(-c4cc(C5=NC(c6ccccc6)=N/C(c6ccccc6)=C\CCC5)cc5ccccc45)c4ccccc4c3)cccc21. The third-order valence-corrected chi connectivity index (χ3v) is 10.4. The first-order valence-electron chi connectivity index (χ1n) is 18.2. The molecule has 0 spiro atoms. The maximum Gasteiger partial charge on any atom is 0.160 e. The summed E-state index contributed by atoms with van der Waals surface area (Å²) in [5.41, 5.74) is 12.7.